The van der Waals surface area contributed by atoms with Crippen molar-refractivity contribution in [1.82, 2.24) is 4.90 Å². The Morgan fingerprint density at radius 2 is 1.82 bits per heavy atom. The Morgan fingerprint density at radius 3 is 2.27 bits per heavy atom. The number of ether oxygens (including phenoxy) is 1. The molecule has 124 valence electrons. The number of nitrogens with zero attached hydrogens (tertiary/aromatic N) is 2. The molecule has 0 atom stereocenters. The summed E-state index contributed by atoms with van der Waals surface area (Å²) in [6, 6.07) is 8.04. The van der Waals surface area contributed by atoms with Gasteiger partial charge in [0.05, 0.1) is 7.11 Å². The molecule has 1 aromatic carbocycles. The number of nitrogens with one attached hydrogen (secondary N) is 1. The predicted molar refractivity (Wildman–Crippen MR) is 82.9 cm³/mol. The standard InChI is InChI=1S/C12H18N4O.H2O4S/c1-17-11-4-2-3-10(9-11)15-5-7-16(8-6-15)12(13)14;1-5(2,3)4/h2-4,9H,5-8H2,1H3,(H3,13,14);(H2,1,2,3,4). The van der Waals surface area contributed by atoms with Crippen molar-refractivity contribution >= 4 is 22.0 Å². The van der Waals surface area contributed by atoms with Crippen LogP contribution in [0.2, 0.25) is 0 Å². The molecule has 1 fully saturated rings. The maximum atomic E-state index is 8.74. The highest BCUT2D eigenvalue weighted by Gasteiger charge is 2.17. The molecule has 1 aliphatic heterocycles. The van der Waals surface area contributed by atoms with E-state index in [0.29, 0.717) is 0 Å². The second kappa shape index (κ2) is 7.82. The molecular weight excluding hydrogens is 312 g/mol. The quantitative estimate of drug-likeness (QED) is 0.338. The normalized spacial score (nSPS) is 14.9. The van der Waals surface area contributed by atoms with Crippen LogP contribution in [-0.2, 0) is 10.4 Å². The molecule has 2 rings (SSSR count). The topological polar surface area (TPSA) is 140 Å². The van der Waals surface area contributed by atoms with Gasteiger partial charge in [0.2, 0.25) is 0 Å². The third kappa shape index (κ3) is 6.61. The van der Waals surface area contributed by atoms with Gasteiger partial charge in [0, 0.05) is 37.9 Å². The zero-order valence-electron chi connectivity index (χ0n) is 12.1. The molecule has 0 saturated carbocycles. The van der Waals surface area contributed by atoms with Crippen molar-refractivity contribution in [2.45, 2.75) is 0 Å². The zero-order chi connectivity index (χ0) is 16.8. The lowest BCUT2D eigenvalue weighted by Gasteiger charge is -2.36. The molecule has 1 heterocycles. The Hall–Kier alpha value is -2.04. The number of piperazine rings is 1. The summed E-state index contributed by atoms with van der Waals surface area (Å²) in [5.41, 5.74) is 6.63. The van der Waals surface area contributed by atoms with Gasteiger partial charge < -0.3 is 20.3 Å². The summed E-state index contributed by atoms with van der Waals surface area (Å²) in [6.07, 6.45) is 0. The van der Waals surface area contributed by atoms with Gasteiger partial charge in [0.1, 0.15) is 5.75 Å². The average molecular weight is 332 g/mol. The molecule has 0 spiro atoms. The number of hydrogen-bond donors (Lipinski definition) is 4. The van der Waals surface area contributed by atoms with Crippen molar-refractivity contribution in [1.29, 1.82) is 5.41 Å². The summed E-state index contributed by atoms with van der Waals surface area (Å²) in [5.74, 6) is 1.03. The lowest BCUT2D eigenvalue weighted by molar-refractivity contribution is 0.379. The summed E-state index contributed by atoms with van der Waals surface area (Å²) in [7, 11) is -2.99. The zero-order valence-corrected chi connectivity index (χ0v) is 13.0. The van der Waals surface area contributed by atoms with Crippen LogP contribution >= 0.6 is 0 Å². The van der Waals surface area contributed by atoms with Crippen LogP contribution in [0, 0.1) is 5.41 Å². The second-order valence-corrected chi connectivity index (χ2v) is 5.40. The van der Waals surface area contributed by atoms with Gasteiger partial charge in [-0.3, -0.25) is 14.5 Å². The molecule has 1 aliphatic rings. The minimum absolute atomic E-state index is 0.162. The fourth-order valence-corrected chi connectivity index (χ4v) is 2.01. The van der Waals surface area contributed by atoms with E-state index in [1.165, 1.54) is 0 Å². The van der Waals surface area contributed by atoms with Crippen LogP contribution < -0.4 is 15.4 Å². The number of rotatable bonds is 2. The van der Waals surface area contributed by atoms with Gasteiger partial charge in [-0.25, -0.2) is 0 Å². The van der Waals surface area contributed by atoms with Crippen molar-refractivity contribution < 1.29 is 22.3 Å². The van der Waals surface area contributed by atoms with Gasteiger partial charge in [-0.15, -0.1) is 0 Å². The predicted octanol–water partition coefficient (Wildman–Crippen LogP) is 0.0579. The number of nitrogens with two attached hydrogens (primary N) is 1. The Labute approximate surface area is 129 Å². The highest BCUT2D eigenvalue weighted by molar-refractivity contribution is 7.79. The first-order valence-corrected chi connectivity index (χ1v) is 7.78. The summed E-state index contributed by atoms with van der Waals surface area (Å²) < 4.78 is 36.8. The maximum absolute atomic E-state index is 8.74. The third-order valence-electron chi connectivity index (χ3n) is 3.04. The fraction of sp³-hybridized carbons (Fsp3) is 0.417. The molecule has 0 unspecified atom stereocenters. The molecule has 1 aromatic rings. The minimum atomic E-state index is -4.67. The van der Waals surface area contributed by atoms with E-state index >= 15 is 0 Å². The largest absolute Gasteiger partial charge is 0.497 e. The number of benzene rings is 1. The molecule has 10 heteroatoms. The lowest BCUT2D eigenvalue weighted by atomic mass is 10.2. The SMILES string of the molecule is COc1cccc(N2CCN(C(=N)N)CC2)c1.O=S(=O)(O)O. The molecule has 0 radical (unpaired) electrons. The van der Waals surface area contributed by atoms with Crippen LogP contribution in [0.5, 0.6) is 5.75 Å². The van der Waals surface area contributed by atoms with Crippen molar-refractivity contribution in [2.24, 2.45) is 5.73 Å². The minimum Gasteiger partial charge on any atom is -0.497 e. The Bertz CT molecular complexity index is 591. The molecule has 0 aromatic heterocycles. The van der Waals surface area contributed by atoms with E-state index < -0.39 is 10.4 Å². The van der Waals surface area contributed by atoms with Crippen molar-refractivity contribution in [2.75, 3.05) is 38.2 Å². The van der Waals surface area contributed by atoms with Crippen LogP contribution in [0.25, 0.3) is 0 Å². The van der Waals surface area contributed by atoms with Crippen LogP contribution in [-0.4, -0.2) is 61.7 Å². The van der Waals surface area contributed by atoms with E-state index in [9.17, 15) is 0 Å². The molecule has 1 saturated heterocycles. The maximum Gasteiger partial charge on any atom is 0.394 e. The molecule has 0 bridgehead atoms. The van der Waals surface area contributed by atoms with Gasteiger partial charge in [0.15, 0.2) is 5.96 Å². The summed E-state index contributed by atoms with van der Waals surface area (Å²) in [4.78, 5) is 4.17. The van der Waals surface area contributed by atoms with Crippen LogP contribution in [0.15, 0.2) is 24.3 Å². The monoisotopic (exact) mass is 332 g/mol. The van der Waals surface area contributed by atoms with Crippen molar-refractivity contribution in [3.63, 3.8) is 0 Å². The Balaban J connectivity index is 0.000000422. The van der Waals surface area contributed by atoms with E-state index in [2.05, 4.69) is 11.0 Å². The first kappa shape index (κ1) is 18.0. The van der Waals surface area contributed by atoms with Gasteiger partial charge in [-0.1, -0.05) is 6.07 Å². The lowest BCUT2D eigenvalue weighted by Crippen LogP contribution is -2.50. The molecule has 22 heavy (non-hydrogen) atoms. The summed E-state index contributed by atoms with van der Waals surface area (Å²) >= 11 is 0. The third-order valence-corrected chi connectivity index (χ3v) is 3.04. The first-order chi connectivity index (χ1) is 10.2. The van der Waals surface area contributed by atoms with Gasteiger partial charge >= 0.3 is 10.4 Å². The van der Waals surface area contributed by atoms with E-state index in [4.69, 9.17) is 33.4 Å². The number of methoxy groups -OCH3 is 1. The molecule has 0 amide bonds. The highest BCUT2D eigenvalue weighted by Crippen LogP contribution is 2.21. The van der Waals surface area contributed by atoms with E-state index in [0.717, 1.165) is 37.6 Å². The number of anilines is 1. The van der Waals surface area contributed by atoms with Crippen molar-refractivity contribution in [3.8, 4) is 5.75 Å². The highest BCUT2D eigenvalue weighted by atomic mass is 32.3. The smallest absolute Gasteiger partial charge is 0.394 e. The van der Waals surface area contributed by atoms with E-state index in [1.807, 2.05) is 23.1 Å². The van der Waals surface area contributed by atoms with Crippen molar-refractivity contribution in [3.05, 3.63) is 24.3 Å². The van der Waals surface area contributed by atoms with E-state index in [-0.39, 0.29) is 5.96 Å². The fourth-order valence-electron chi connectivity index (χ4n) is 2.01. The molecule has 0 aliphatic carbocycles. The Morgan fingerprint density at radius 1 is 1.27 bits per heavy atom. The van der Waals surface area contributed by atoms with Gasteiger partial charge in [-0.2, -0.15) is 8.42 Å². The van der Waals surface area contributed by atoms with Crippen LogP contribution in [0.3, 0.4) is 0 Å². The van der Waals surface area contributed by atoms with Gasteiger partial charge in [0.25, 0.3) is 0 Å². The van der Waals surface area contributed by atoms with Crippen LogP contribution in [0.4, 0.5) is 5.69 Å². The molecule has 5 N–H and O–H groups in total. The molecule has 9 nitrogen and oxygen atoms in total. The van der Waals surface area contributed by atoms with Gasteiger partial charge in [-0.05, 0) is 12.1 Å². The Kier molecular flexibility index (Phi) is 6.40. The summed E-state index contributed by atoms with van der Waals surface area (Å²) in [6.45, 7) is 3.36. The van der Waals surface area contributed by atoms with Crippen LogP contribution in [0.1, 0.15) is 0 Å². The summed E-state index contributed by atoms with van der Waals surface area (Å²) in [5, 5.41) is 7.39. The second-order valence-electron chi connectivity index (χ2n) is 4.51. The average Bonchev–Trinajstić information content (AvgIpc) is 2.46. The molecular formula is C12H20N4O5S. The number of hydrogen-bond acceptors (Lipinski definition) is 5. The number of guanidine groups is 1. The van der Waals surface area contributed by atoms with E-state index in [1.54, 1.807) is 7.11 Å². The first-order valence-electron chi connectivity index (χ1n) is 6.38.